The molecule has 8 heteroatoms. The molecule has 0 spiro atoms. The predicted molar refractivity (Wildman–Crippen MR) is 98.0 cm³/mol. The van der Waals surface area contributed by atoms with E-state index in [0.29, 0.717) is 16.1 Å². The SMILES string of the molecule is COC(=O)c1ccc(/C=C/C(=O)OCC(=O)[C@H](C#N)c2nc(C)cs2)cc1. The summed E-state index contributed by atoms with van der Waals surface area (Å²) in [6.45, 7) is 1.25. The molecule has 0 aliphatic heterocycles. The zero-order valence-corrected chi connectivity index (χ0v) is 15.5. The predicted octanol–water partition coefficient (Wildman–Crippen LogP) is 2.67. The van der Waals surface area contributed by atoms with Crippen LogP contribution in [0.3, 0.4) is 0 Å². The van der Waals surface area contributed by atoms with Gasteiger partial charge in [0.25, 0.3) is 0 Å². The molecular formula is C19H16N2O5S. The summed E-state index contributed by atoms with van der Waals surface area (Å²) in [6.07, 6.45) is 2.65. The van der Waals surface area contributed by atoms with Crippen LogP contribution >= 0.6 is 11.3 Å². The largest absolute Gasteiger partial charge is 0.465 e. The van der Waals surface area contributed by atoms with Gasteiger partial charge in [0, 0.05) is 17.2 Å². The van der Waals surface area contributed by atoms with Gasteiger partial charge in [-0.25, -0.2) is 14.6 Å². The van der Waals surface area contributed by atoms with Crippen molar-refractivity contribution in [2.24, 2.45) is 0 Å². The summed E-state index contributed by atoms with van der Waals surface area (Å²) in [4.78, 5) is 39.3. The average Bonchev–Trinajstić information content (AvgIpc) is 3.11. The van der Waals surface area contributed by atoms with Gasteiger partial charge in [-0.05, 0) is 30.7 Å². The molecule has 0 N–H and O–H groups in total. The van der Waals surface area contributed by atoms with Crippen LogP contribution in [0.2, 0.25) is 0 Å². The normalized spacial score (nSPS) is 11.6. The topological polar surface area (TPSA) is 106 Å². The molecule has 0 aliphatic carbocycles. The second-order valence-corrected chi connectivity index (χ2v) is 6.30. The minimum Gasteiger partial charge on any atom is -0.465 e. The number of nitriles is 1. The van der Waals surface area contributed by atoms with Crippen LogP contribution in [-0.4, -0.2) is 36.4 Å². The Balaban J connectivity index is 1.89. The lowest BCUT2D eigenvalue weighted by Gasteiger charge is -2.05. The van der Waals surface area contributed by atoms with Crippen LogP contribution in [0.4, 0.5) is 0 Å². The molecule has 0 radical (unpaired) electrons. The van der Waals surface area contributed by atoms with Gasteiger partial charge < -0.3 is 9.47 Å². The first-order chi connectivity index (χ1) is 12.9. The van der Waals surface area contributed by atoms with E-state index >= 15 is 0 Å². The van der Waals surface area contributed by atoms with Crippen molar-refractivity contribution in [3.05, 3.63) is 57.6 Å². The number of hydrogen-bond acceptors (Lipinski definition) is 8. The summed E-state index contributed by atoms with van der Waals surface area (Å²) in [5.74, 6) is -2.75. The Morgan fingerprint density at radius 1 is 1.30 bits per heavy atom. The molecule has 0 bridgehead atoms. The van der Waals surface area contributed by atoms with Crippen LogP contribution in [0.1, 0.15) is 32.5 Å². The number of methoxy groups -OCH3 is 1. The lowest BCUT2D eigenvalue weighted by molar-refractivity contribution is -0.143. The van der Waals surface area contributed by atoms with Crippen LogP contribution < -0.4 is 0 Å². The highest BCUT2D eigenvalue weighted by Gasteiger charge is 2.24. The quantitative estimate of drug-likeness (QED) is 0.533. The van der Waals surface area contributed by atoms with Crippen LogP contribution in [0, 0.1) is 18.3 Å². The number of rotatable bonds is 7. The molecule has 2 rings (SSSR count). The lowest BCUT2D eigenvalue weighted by Crippen LogP contribution is -2.19. The van der Waals surface area contributed by atoms with Gasteiger partial charge in [-0.3, -0.25) is 4.79 Å². The van der Waals surface area contributed by atoms with Crippen LogP contribution in [-0.2, 0) is 19.1 Å². The molecule has 0 saturated heterocycles. The Bertz CT molecular complexity index is 909. The van der Waals surface area contributed by atoms with Gasteiger partial charge in [0.15, 0.2) is 18.3 Å². The summed E-state index contributed by atoms with van der Waals surface area (Å²) in [7, 11) is 1.29. The van der Waals surface area contributed by atoms with E-state index in [1.54, 1.807) is 36.6 Å². The fourth-order valence-corrected chi connectivity index (χ4v) is 2.92. The number of esters is 2. The Morgan fingerprint density at radius 2 is 2.00 bits per heavy atom. The molecule has 1 atom stereocenters. The molecular weight excluding hydrogens is 368 g/mol. The number of hydrogen-bond donors (Lipinski definition) is 0. The first-order valence-corrected chi connectivity index (χ1v) is 8.70. The Kier molecular flexibility index (Phi) is 6.97. The van der Waals surface area contributed by atoms with Crippen molar-refractivity contribution in [2.75, 3.05) is 13.7 Å². The van der Waals surface area contributed by atoms with Crippen molar-refractivity contribution in [3.63, 3.8) is 0 Å². The van der Waals surface area contributed by atoms with Gasteiger partial charge >= 0.3 is 11.9 Å². The molecule has 27 heavy (non-hydrogen) atoms. The minimum absolute atomic E-state index is 0.386. The number of ether oxygens (including phenoxy) is 2. The first-order valence-electron chi connectivity index (χ1n) is 7.82. The van der Waals surface area contributed by atoms with Crippen LogP contribution in [0.25, 0.3) is 6.08 Å². The number of benzene rings is 1. The highest BCUT2D eigenvalue weighted by atomic mass is 32.1. The van der Waals surface area contributed by atoms with Gasteiger partial charge in [0.2, 0.25) is 0 Å². The smallest absolute Gasteiger partial charge is 0.337 e. The van der Waals surface area contributed by atoms with Crippen molar-refractivity contribution >= 4 is 35.1 Å². The maximum absolute atomic E-state index is 12.1. The van der Waals surface area contributed by atoms with Gasteiger partial charge in [-0.15, -0.1) is 11.3 Å². The lowest BCUT2D eigenvalue weighted by atomic mass is 10.1. The second-order valence-electron chi connectivity index (χ2n) is 5.41. The zero-order chi connectivity index (χ0) is 19.8. The van der Waals surface area contributed by atoms with Crippen LogP contribution in [0.5, 0.6) is 0 Å². The molecule has 0 saturated carbocycles. The van der Waals surface area contributed by atoms with E-state index in [1.165, 1.54) is 24.5 Å². The maximum atomic E-state index is 12.1. The zero-order valence-electron chi connectivity index (χ0n) is 14.7. The third-order valence-corrected chi connectivity index (χ3v) is 4.46. The Morgan fingerprint density at radius 3 is 2.56 bits per heavy atom. The highest BCUT2D eigenvalue weighted by Crippen LogP contribution is 2.20. The highest BCUT2D eigenvalue weighted by molar-refractivity contribution is 7.09. The monoisotopic (exact) mass is 384 g/mol. The Labute approximate surface area is 159 Å². The van der Waals surface area contributed by atoms with E-state index in [1.807, 2.05) is 6.07 Å². The standard InChI is InChI=1S/C19H16N2O5S/c1-12-11-27-18(21-12)15(9-20)16(22)10-26-17(23)8-5-13-3-6-14(7-4-13)19(24)25-2/h3-8,11,15H,10H2,1-2H3/b8-5+/t15-/m0/s1. The van der Waals surface area contributed by atoms with Crippen molar-refractivity contribution in [2.45, 2.75) is 12.8 Å². The molecule has 7 nitrogen and oxygen atoms in total. The van der Waals surface area contributed by atoms with E-state index in [0.717, 1.165) is 11.8 Å². The fourth-order valence-electron chi connectivity index (χ4n) is 2.06. The number of carbonyl (C=O) groups is 3. The number of nitrogens with zero attached hydrogens (tertiary/aromatic N) is 2. The maximum Gasteiger partial charge on any atom is 0.337 e. The summed E-state index contributed by atoms with van der Waals surface area (Å²) in [5, 5.41) is 11.3. The minimum atomic E-state index is -1.05. The van der Waals surface area contributed by atoms with Crippen molar-refractivity contribution in [3.8, 4) is 6.07 Å². The van der Waals surface area contributed by atoms with Gasteiger partial charge in [-0.2, -0.15) is 5.26 Å². The summed E-state index contributed by atoms with van der Waals surface area (Å²) in [5.41, 5.74) is 1.78. The number of thiazole rings is 1. The van der Waals surface area contributed by atoms with Crippen molar-refractivity contribution in [1.29, 1.82) is 5.26 Å². The molecule has 1 heterocycles. The molecule has 0 unspecified atom stereocenters. The number of Topliss-reactive ketones (excluding diaryl/α,β-unsaturated/α-hetero) is 1. The van der Waals surface area contributed by atoms with Gasteiger partial charge in [-0.1, -0.05) is 12.1 Å². The summed E-state index contributed by atoms with van der Waals surface area (Å²) >= 11 is 1.22. The number of aryl methyl sites for hydroxylation is 1. The van der Waals surface area contributed by atoms with Crippen molar-refractivity contribution in [1.82, 2.24) is 4.98 Å². The van der Waals surface area contributed by atoms with Gasteiger partial charge in [0.05, 0.1) is 18.7 Å². The van der Waals surface area contributed by atoms with E-state index < -0.39 is 30.2 Å². The first kappa shape index (κ1) is 20.0. The molecule has 0 amide bonds. The molecule has 0 fully saturated rings. The fraction of sp³-hybridized carbons (Fsp3) is 0.211. The number of ketones is 1. The molecule has 0 aliphatic rings. The number of carbonyl (C=O) groups excluding carboxylic acids is 3. The van der Waals surface area contributed by atoms with Crippen LogP contribution in [0.15, 0.2) is 35.7 Å². The third-order valence-electron chi connectivity index (χ3n) is 3.44. The third kappa shape index (κ3) is 5.59. The van der Waals surface area contributed by atoms with E-state index in [2.05, 4.69) is 9.72 Å². The Hall–Kier alpha value is -3.31. The average molecular weight is 384 g/mol. The number of aromatic nitrogens is 1. The van der Waals surface area contributed by atoms with E-state index in [4.69, 9.17) is 10.00 Å². The second kappa shape index (κ2) is 9.40. The van der Waals surface area contributed by atoms with Crippen molar-refractivity contribution < 1.29 is 23.9 Å². The molecule has 2 aromatic rings. The summed E-state index contributed by atoms with van der Waals surface area (Å²) in [6, 6.07) is 8.28. The summed E-state index contributed by atoms with van der Waals surface area (Å²) < 4.78 is 9.49. The van der Waals surface area contributed by atoms with E-state index in [9.17, 15) is 14.4 Å². The molecule has 1 aromatic heterocycles. The van der Waals surface area contributed by atoms with Gasteiger partial charge in [0.1, 0.15) is 5.01 Å². The molecule has 1 aromatic carbocycles. The molecule has 138 valence electrons. The van der Waals surface area contributed by atoms with E-state index in [-0.39, 0.29) is 0 Å².